The molecule has 0 aromatic heterocycles. The Morgan fingerprint density at radius 1 is 1.03 bits per heavy atom. The fourth-order valence-electron chi connectivity index (χ4n) is 4.41. The van der Waals surface area contributed by atoms with Gasteiger partial charge in [-0.15, -0.1) is 0 Å². The number of nitrogens with zero attached hydrogens (tertiary/aromatic N) is 1. The van der Waals surface area contributed by atoms with Crippen LogP contribution in [0.15, 0.2) is 54.6 Å². The number of nitrogens with one attached hydrogen (secondary N) is 1. The fourth-order valence-corrected chi connectivity index (χ4v) is 4.41. The lowest BCUT2D eigenvalue weighted by Gasteiger charge is -2.31. The zero-order valence-electron chi connectivity index (χ0n) is 17.1. The highest BCUT2D eigenvalue weighted by Crippen LogP contribution is 2.43. The van der Waals surface area contributed by atoms with Crippen molar-refractivity contribution in [3.63, 3.8) is 0 Å². The van der Waals surface area contributed by atoms with E-state index < -0.39 is 23.4 Å². The van der Waals surface area contributed by atoms with Gasteiger partial charge in [-0.1, -0.05) is 55.7 Å². The molecule has 4 rings (SSSR count). The smallest absolute Gasteiger partial charge is 0.340 e. The monoisotopic (exact) mass is 406 g/mol. The maximum atomic E-state index is 13.6. The molecule has 156 valence electrons. The van der Waals surface area contributed by atoms with Crippen molar-refractivity contribution in [2.75, 3.05) is 11.4 Å². The van der Waals surface area contributed by atoms with Crippen LogP contribution in [-0.2, 0) is 19.9 Å². The Kier molecular flexibility index (Phi) is 5.57. The van der Waals surface area contributed by atoms with E-state index in [-0.39, 0.29) is 6.04 Å². The molecule has 1 atom stereocenters. The van der Waals surface area contributed by atoms with Crippen molar-refractivity contribution < 1.29 is 19.1 Å². The van der Waals surface area contributed by atoms with Crippen molar-refractivity contribution >= 4 is 23.5 Å². The number of hydrogen-bond donors (Lipinski definition) is 1. The Morgan fingerprint density at radius 3 is 2.40 bits per heavy atom. The molecule has 6 heteroatoms. The zero-order chi connectivity index (χ0) is 21.1. The second-order valence-corrected chi connectivity index (χ2v) is 7.81. The third-order valence-corrected chi connectivity index (χ3v) is 5.95. The first-order valence-electron chi connectivity index (χ1n) is 10.6. The van der Waals surface area contributed by atoms with Gasteiger partial charge in [-0.05, 0) is 38.0 Å². The van der Waals surface area contributed by atoms with Crippen LogP contribution in [0.5, 0.6) is 0 Å². The predicted octanol–water partition coefficient (Wildman–Crippen LogP) is 3.55. The Bertz CT molecular complexity index is 953. The molecule has 0 saturated heterocycles. The molecule has 6 nitrogen and oxygen atoms in total. The first-order chi connectivity index (χ1) is 14.6. The van der Waals surface area contributed by atoms with Crippen LogP contribution in [-0.4, -0.2) is 30.4 Å². The number of fused-ring (bicyclic) bond motifs is 1. The molecule has 2 aliphatic rings. The number of ether oxygens (including phenoxy) is 1. The molecular weight excluding hydrogens is 380 g/mol. The number of para-hydroxylation sites is 1. The van der Waals surface area contributed by atoms with E-state index in [0.29, 0.717) is 23.4 Å². The highest BCUT2D eigenvalue weighted by atomic mass is 16.6. The Labute approximate surface area is 176 Å². The lowest BCUT2D eigenvalue weighted by Crippen LogP contribution is -2.56. The van der Waals surface area contributed by atoms with Gasteiger partial charge in [0.15, 0.2) is 0 Å². The molecule has 2 amide bonds. The van der Waals surface area contributed by atoms with Crippen molar-refractivity contribution in [3.05, 3.63) is 65.7 Å². The minimum absolute atomic E-state index is 0.0193. The SMILES string of the molecule is CCN1C(=O)C(OC(=O)c2ccccc2)(C(=O)NC2CCCCC2)c2ccccc21. The number of carbonyl (C=O) groups excluding carboxylic acids is 3. The highest BCUT2D eigenvalue weighted by Gasteiger charge is 2.60. The van der Waals surface area contributed by atoms with E-state index in [4.69, 9.17) is 4.74 Å². The summed E-state index contributed by atoms with van der Waals surface area (Å²) >= 11 is 0. The fraction of sp³-hybridized carbons (Fsp3) is 0.375. The van der Waals surface area contributed by atoms with Crippen LogP contribution in [0.2, 0.25) is 0 Å². The number of likely N-dealkylation sites (N-methyl/N-ethyl adjacent to an activating group) is 1. The first kappa shape index (κ1) is 20.1. The third kappa shape index (κ3) is 3.36. The number of rotatable bonds is 5. The highest BCUT2D eigenvalue weighted by molar-refractivity contribution is 6.21. The van der Waals surface area contributed by atoms with Gasteiger partial charge in [0, 0.05) is 18.2 Å². The Balaban J connectivity index is 1.76. The summed E-state index contributed by atoms with van der Waals surface area (Å²) in [5.41, 5.74) is -0.710. The van der Waals surface area contributed by atoms with Crippen molar-refractivity contribution in [2.45, 2.75) is 50.7 Å². The summed E-state index contributed by atoms with van der Waals surface area (Å²) < 4.78 is 5.82. The minimum Gasteiger partial charge on any atom is -0.430 e. The van der Waals surface area contributed by atoms with Gasteiger partial charge in [0.2, 0.25) is 0 Å². The van der Waals surface area contributed by atoms with Gasteiger partial charge in [-0.25, -0.2) is 4.79 Å². The summed E-state index contributed by atoms with van der Waals surface area (Å²) in [6.07, 6.45) is 4.94. The van der Waals surface area contributed by atoms with E-state index in [9.17, 15) is 14.4 Å². The average Bonchev–Trinajstić information content (AvgIpc) is 3.03. The largest absolute Gasteiger partial charge is 0.430 e. The summed E-state index contributed by atoms with van der Waals surface area (Å²) in [4.78, 5) is 41.6. The number of carbonyl (C=O) groups is 3. The number of amides is 2. The molecule has 1 N–H and O–H groups in total. The maximum Gasteiger partial charge on any atom is 0.340 e. The molecule has 2 aromatic rings. The van der Waals surface area contributed by atoms with E-state index in [1.807, 2.05) is 13.0 Å². The number of benzene rings is 2. The van der Waals surface area contributed by atoms with Gasteiger partial charge in [-0.2, -0.15) is 0 Å². The third-order valence-electron chi connectivity index (χ3n) is 5.95. The lowest BCUT2D eigenvalue weighted by atomic mass is 9.91. The van der Waals surface area contributed by atoms with Gasteiger partial charge in [0.25, 0.3) is 17.4 Å². The van der Waals surface area contributed by atoms with Crippen LogP contribution < -0.4 is 10.2 Å². The molecule has 1 aliphatic heterocycles. The molecule has 0 bridgehead atoms. The second kappa shape index (κ2) is 8.30. The van der Waals surface area contributed by atoms with E-state index in [1.54, 1.807) is 48.5 Å². The average molecular weight is 406 g/mol. The van der Waals surface area contributed by atoms with Gasteiger partial charge >= 0.3 is 5.97 Å². The van der Waals surface area contributed by atoms with Crippen LogP contribution in [0.1, 0.15) is 54.9 Å². The van der Waals surface area contributed by atoms with Crippen molar-refractivity contribution in [3.8, 4) is 0 Å². The summed E-state index contributed by atoms with van der Waals surface area (Å²) in [7, 11) is 0. The van der Waals surface area contributed by atoms with E-state index in [0.717, 1.165) is 32.1 Å². The van der Waals surface area contributed by atoms with Crippen LogP contribution in [0, 0.1) is 0 Å². The van der Waals surface area contributed by atoms with Gasteiger partial charge < -0.3 is 15.0 Å². The Hall–Kier alpha value is -3.15. The molecular formula is C24H26N2O4. The van der Waals surface area contributed by atoms with Gasteiger partial charge in [-0.3, -0.25) is 9.59 Å². The normalized spacial score (nSPS) is 21.2. The minimum atomic E-state index is -2.02. The number of anilines is 1. The standard InChI is InChI=1S/C24H26N2O4/c1-2-26-20-16-10-9-15-19(20)24(23(26)29,22(28)25-18-13-7-4-8-14-18)30-21(27)17-11-5-3-6-12-17/h3,5-6,9-12,15-16,18H,2,4,7-8,13-14H2,1H3,(H,25,28). The maximum absolute atomic E-state index is 13.6. The summed E-state index contributed by atoms with van der Waals surface area (Å²) in [5, 5.41) is 3.01. The van der Waals surface area contributed by atoms with Crippen LogP contribution in [0.3, 0.4) is 0 Å². The summed E-state index contributed by atoms with van der Waals surface area (Å²) in [6.45, 7) is 2.21. The predicted molar refractivity (Wildman–Crippen MR) is 113 cm³/mol. The van der Waals surface area contributed by atoms with Gasteiger partial charge in [0.05, 0.1) is 11.3 Å². The number of hydrogen-bond acceptors (Lipinski definition) is 4. The van der Waals surface area contributed by atoms with Crippen LogP contribution in [0.4, 0.5) is 5.69 Å². The zero-order valence-corrected chi connectivity index (χ0v) is 17.1. The van der Waals surface area contributed by atoms with E-state index >= 15 is 0 Å². The Morgan fingerprint density at radius 2 is 1.70 bits per heavy atom. The summed E-state index contributed by atoms with van der Waals surface area (Å²) in [5.74, 6) is -1.79. The van der Waals surface area contributed by atoms with E-state index in [1.165, 1.54) is 4.90 Å². The molecule has 30 heavy (non-hydrogen) atoms. The molecule has 1 fully saturated rings. The summed E-state index contributed by atoms with van der Waals surface area (Å²) in [6, 6.07) is 15.5. The second-order valence-electron chi connectivity index (χ2n) is 7.81. The van der Waals surface area contributed by atoms with Crippen molar-refractivity contribution in [1.29, 1.82) is 0 Å². The lowest BCUT2D eigenvalue weighted by molar-refractivity contribution is -0.153. The number of esters is 1. The van der Waals surface area contributed by atoms with E-state index in [2.05, 4.69) is 5.32 Å². The van der Waals surface area contributed by atoms with Gasteiger partial charge in [0.1, 0.15) is 0 Å². The topological polar surface area (TPSA) is 75.7 Å². The van der Waals surface area contributed by atoms with Crippen LogP contribution >= 0.6 is 0 Å². The van der Waals surface area contributed by atoms with Crippen molar-refractivity contribution in [2.24, 2.45) is 0 Å². The molecule has 0 spiro atoms. The molecule has 1 heterocycles. The van der Waals surface area contributed by atoms with Crippen molar-refractivity contribution in [1.82, 2.24) is 5.32 Å². The molecule has 1 unspecified atom stereocenters. The molecule has 1 aliphatic carbocycles. The van der Waals surface area contributed by atoms with Crippen LogP contribution in [0.25, 0.3) is 0 Å². The molecule has 0 radical (unpaired) electrons. The quantitative estimate of drug-likeness (QED) is 0.609. The molecule has 2 aromatic carbocycles. The molecule has 1 saturated carbocycles. The first-order valence-corrected chi connectivity index (χ1v) is 10.6.